The zero-order valence-corrected chi connectivity index (χ0v) is 11.7. The van der Waals surface area contributed by atoms with Crippen LogP contribution in [0.4, 0.5) is 4.39 Å². The maximum atomic E-state index is 13.6. The van der Waals surface area contributed by atoms with Gasteiger partial charge in [0, 0.05) is 0 Å². The predicted molar refractivity (Wildman–Crippen MR) is 84.0 cm³/mol. The molecule has 0 aliphatic rings. The Kier molecular flexibility index (Phi) is 2.66. The first kappa shape index (κ1) is 12.8. The number of hydrogen-bond donors (Lipinski definition) is 0. The zero-order valence-electron chi connectivity index (χ0n) is 11.7. The van der Waals surface area contributed by atoms with E-state index in [0.29, 0.717) is 33.1 Å². The highest BCUT2D eigenvalue weighted by atomic mass is 19.1. The summed E-state index contributed by atoms with van der Waals surface area (Å²) >= 11 is 0. The summed E-state index contributed by atoms with van der Waals surface area (Å²) in [4.78, 5) is 12.9. The summed E-state index contributed by atoms with van der Waals surface area (Å²) in [6, 6.07) is 13.1. The van der Waals surface area contributed by atoms with Crippen molar-refractivity contribution in [2.45, 2.75) is 0 Å². The van der Waals surface area contributed by atoms with E-state index in [9.17, 15) is 9.18 Å². The zero-order chi connectivity index (χ0) is 15.3. The summed E-state index contributed by atoms with van der Waals surface area (Å²) in [5.41, 5.74) is 0.668. The molecule has 0 N–H and O–H groups in total. The Hall–Kier alpha value is -2.88. The minimum Gasteiger partial charge on any atom is -0.496 e. The molecule has 0 radical (unpaired) electrons. The van der Waals surface area contributed by atoms with Crippen molar-refractivity contribution in [1.29, 1.82) is 0 Å². The molecular formula is C18H11FO3. The van der Waals surface area contributed by atoms with Crippen LogP contribution in [0.15, 0.2) is 57.7 Å². The number of methoxy groups -OCH3 is 1. The Morgan fingerprint density at radius 2 is 1.77 bits per heavy atom. The van der Waals surface area contributed by atoms with Gasteiger partial charge in [-0.25, -0.2) is 4.39 Å². The van der Waals surface area contributed by atoms with E-state index < -0.39 is 0 Å². The van der Waals surface area contributed by atoms with Crippen LogP contribution in [0.25, 0.3) is 32.7 Å². The van der Waals surface area contributed by atoms with E-state index in [2.05, 4.69) is 0 Å². The van der Waals surface area contributed by atoms with Crippen LogP contribution in [-0.4, -0.2) is 7.11 Å². The molecule has 0 bridgehead atoms. The molecule has 4 rings (SSSR count). The molecular weight excluding hydrogens is 283 g/mol. The van der Waals surface area contributed by atoms with Crippen molar-refractivity contribution in [2.24, 2.45) is 0 Å². The molecule has 3 aromatic carbocycles. The SMILES string of the molecule is COc1cccc2oc3ccc4ccc(F)cc4c3c(=O)c12. The van der Waals surface area contributed by atoms with Gasteiger partial charge in [-0.3, -0.25) is 4.79 Å². The molecule has 4 aromatic rings. The van der Waals surface area contributed by atoms with Crippen LogP contribution >= 0.6 is 0 Å². The molecule has 1 heterocycles. The molecule has 0 aliphatic heterocycles. The van der Waals surface area contributed by atoms with E-state index in [1.807, 2.05) is 6.07 Å². The molecule has 0 spiro atoms. The molecule has 0 amide bonds. The van der Waals surface area contributed by atoms with Gasteiger partial charge in [0.2, 0.25) is 5.43 Å². The van der Waals surface area contributed by atoms with Gasteiger partial charge in [0.1, 0.15) is 28.1 Å². The molecule has 22 heavy (non-hydrogen) atoms. The molecule has 0 saturated carbocycles. The summed E-state index contributed by atoms with van der Waals surface area (Å²) in [7, 11) is 1.50. The maximum Gasteiger partial charge on any atom is 0.204 e. The fourth-order valence-corrected chi connectivity index (χ4v) is 2.82. The highest BCUT2D eigenvalue weighted by Crippen LogP contribution is 2.29. The van der Waals surface area contributed by atoms with Crippen molar-refractivity contribution in [3.8, 4) is 5.75 Å². The van der Waals surface area contributed by atoms with E-state index in [4.69, 9.17) is 9.15 Å². The molecule has 3 nitrogen and oxygen atoms in total. The Bertz CT molecular complexity index is 1100. The first-order valence-electron chi connectivity index (χ1n) is 6.81. The first-order valence-corrected chi connectivity index (χ1v) is 6.81. The molecule has 108 valence electrons. The third-order valence-corrected chi connectivity index (χ3v) is 3.83. The van der Waals surface area contributed by atoms with Crippen molar-refractivity contribution in [1.82, 2.24) is 0 Å². The number of halogens is 1. The Morgan fingerprint density at radius 1 is 1.00 bits per heavy atom. The maximum absolute atomic E-state index is 13.6. The van der Waals surface area contributed by atoms with E-state index >= 15 is 0 Å². The van der Waals surface area contributed by atoms with Gasteiger partial charge in [0.15, 0.2) is 0 Å². The van der Waals surface area contributed by atoms with Gasteiger partial charge in [-0.2, -0.15) is 0 Å². The smallest absolute Gasteiger partial charge is 0.204 e. The summed E-state index contributed by atoms with van der Waals surface area (Å²) in [6.45, 7) is 0. The van der Waals surface area contributed by atoms with Crippen molar-refractivity contribution in [2.75, 3.05) is 7.11 Å². The lowest BCUT2D eigenvalue weighted by Crippen LogP contribution is -2.04. The predicted octanol–water partition coefficient (Wildman–Crippen LogP) is 4.25. The van der Waals surface area contributed by atoms with Crippen molar-refractivity contribution < 1.29 is 13.5 Å². The fraction of sp³-hybridized carbons (Fsp3) is 0.0556. The van der Waals surface area contributed by atoms with E-state index in [1.54, 1.807) is 30.3 Å². The summed E-state index contributed by atoms with van der Waals surface area (Å²) < 4.78 is 24.7. The van der Waals surface area contributed by atoms with Crippen molar-refractivity contribution in [3.05, 3.63) is 64.6 Å². The fourth-order valence-electron chi connectivity index (χ4n) is 2.82. The lowest BCUT2D eigenvalue weighted by molar-refractivity contribution is 0.419. The van der Waals surface area contributed by atoms with Crippen LogP contribution in [0.2, 0.25) is 0 Å². The van der Waals surface area contributed by atoms with Crippen LogP contribution in [0.3, 0.4) is 0 Å². The minimum absolute atomic E-state index is 0.218. The Labute approximate surface area is 124 Å². The molecule has 0 unspecified atom stereocenters. The lowest BCUT2D eigenvalue weighted by atomic mass is 10.0. The average molecular weight is 294 g/mol. The summed E-state index contributed by atoms with van der Waals surface area (Å²) in [5.74, 6) is 0.0566. The minimum atomic E-state index is -0.389. The molecule has 4 heteroatoms. The van der Waals surface area contributed by atoms with Gasteiger partial charge in [0.25, 0.3) is 0 Å². The van der Waals surface area contributed by atoms with Crippen LogP contribution in [0.5, 0.6) is 5.75 Å². The molecule has 0 atom stereocenters. The van der Waals surface area contributed by atoms with E-state index in [-0.39, 0.29) is 11.2 Å². The average Bonchev–Trinajstić information content (AvgIpc) is 2.53. The number of rotatable bonds is 1. The Balaban J connectivity index is 2.32. The lowest BCUT2D eigenvalue weighted by Gasteiger charge is -2.07. The molecule has 0 aliphatic carbocycles. The first-order chi connectivity index (χ1) is 10.7. The van der Waals surface area contributed by atoms with Gasteiger partial charge in [-0.15, -0.1) is 0 Å². The van der Waals surface area contributed by atoms with Crippen LogP contribution in [0.1, 0.15) is 0 Å². The summed E-state index contributed by atoms with van der Waals surface area (Å²) in [5, 5.41) is 2.07. The number of fused-ring (bicyclic) bond motifs is 4. The van der Waals surface area contributed by atoms with Crippen LogP contribution in [-0.2, 0) is 0 Å². The number of hydrogen-bond acceptors (Lipinski definition) is 3. The number of ether oxygens (including phenoxy) is 1. The quantitative estimate of drug-likeness (QED) is 0.389. The monoisotopic (exact) mass is 294 g/mol. The van der Waals surface area contributed by atoms with Gasteiger partial charge in [-0.1, -0.05) is 18.2 Å². The largest absolute Gasteiger partial charge is 0.496 e. The topological polar surface area (TPSA) is 39.4 Å². The van der Waals surface area contributed by atoms with Gasteiger partial charge in [0.05, 0.1) is 12.5 Å². The third kappa shape index (κ3) is 1.70. The van der Waals surface area contributed by atoms with Crippen LogP contribution in [0, 0.1) is 5.82 Å². The second kappa shape index (κ2) is 4.56. The molecule has 1 aromatic heterocycles. The molecule has 0 saturated heterocycles. The van der Waals surface area contributed by atoms with E-state index in [1.165, 1.54) is 19.2 Å². The second-order valence-corrected chi connectivity index (χ2v) is 5.07. The van der Waals surface area contributed by atoms with Gasteiger partial charge < -0.3 is 9.15 Å². The van der Waals surface area contributed by atoms with Crippen molar-refractivity contribution >= 4 is 32.7 Å². The van der Waals surface area contributed by atoms with E-state index in [0.717, 1.165) is 5.39 Å². The third-order valence-electron chi connectivity index (χ3n) is 3.83. The van der Waals surface area contributed by atoms with Crippen LogP contribution < -0.4 is 10.2 Å². The van der Waals surface area contributed by atoms with Gasteiger partial charge >= 0.3 is 0 Å². The second-order valence-electron chi connectivity index (χ2n) is 5.07. The van der Waals surface area contributed by atoms with Crippen molar-refractivity contribution in [3.63, 3.8) is 0 Å². The summed E-state index contributed by atoms with van der Waals surface area (Å²) in [6.07, 6.45) is 0. The highest BCUT2D eigenvalue weighted by molar-refractivity contribution is 6.08. The molecule has 0 fully saturated rings. The normalized spacial score (nSPS) is 11.4. The van der Waals surface area contributed by atoms with Gasteiger partial charge in [-0.05, 0) is 41.1 Å². The number of benzene rings is 3. The standard InChI is InChI=1S/C18H11FO3/c1-21-13-3-2-4-14-17(13)18(20)16-12-9-11(19)7-5-10(12)6-8-15(16)22-14/h2-9H,1H3. The Morgan fingerprint density at radius 3 is 2.59 bits per heavy atom. The highest BCUT2D eigenvalue weighted by Gasteiger charge is 2.14.